The van der Waals surface area contributed by atoms with Crippen LogP contribution in [-0.4, -0.2) is 32.2 Å². The van der Waals surface area contributed by atoms with Gasteiger partial charge in [-0.15, -0.1) is 0 Å². The summed E-state index contributed by atoms with van der Waals surface area (Å²) in [7, 11) is 3.07. The zero-order valence-corrected chi connectivity index (χ0v) is 14.4. The fourth-order valence-electron chi connectivity index (χ4n) is 2.22. The average Bonchev–Trinajstić information content (AvgIpc) is 2.62. The standard InChI is InChI=1S/C19H21NO5/c1-13(19(22)20-16-9-4-5-10-17(16)24-3)25-18(21)12-14-7-6-8-15(11-14)23-2/h4-11,13H,12H2,1-3H3,(H,20,22)/t13-/m1/s1. The molecular formula is C19H21NO5. The second-order valence-electron chi connectivity index (χ2n) is 5.35. The first-order chi connectivity index (χ1) is 12.0. The number of amides is 1. The average molecular weight is 343 g/mol. The van der Waals surface area contributed by atoms with Gasteiger partial charge in [-0.3, -0.25) is 9.59 Å². The summed E-state index contributed by atoms with van der Waals surface area (Å²) in [5.74, 6) is 0.275. The van der Waals surface area contributed by atoms with E-state index in [4.69, 9.17) is 14.2 Å². The van der Waals surface area contributed by atoms with E-state index in [0.717, 1.165) is 5.56 Å². The summed E-state index contributed by atoms with van der Waals surface area (Å²) in [6.07, 6.45) is -0.869. The van der Waals surface area contributed by atoms with Crippen molar-refractivity contribution in [1.29, 1.82) is 0 Å². The predicted molar refractivity (Wildman–Crippen MR) is 93.9 cm³/mol. The maximum atomic E-state index is 12.2. The van der Waals surface area contributed by atoms with Gasteiger partial charge in [-0.2, -0.15) is 0 Å². The highest BCUT2D eigenvalue weighted by atomic mass is 16.5. The Hall–Kier alpha value is -3.02. The Morgan fingerprint density at radius 1 is 1.04 bits per heavy atom. The SMILES string of the molecule is COc1cccc(CC(=O)O[C@H](C)C(=O)Nc2ccccc2OC)c1. The zero-order chi connectivity index (χ0) is 18.2. The van der Waals surface area contributed by atoms with Gasteiger partial charge in [0, 0.05) is 0 Å². The highest BCUT2D eigenvalue weighted by Gasteiger charge is 2.19. The van der Waals surface area contributed by atoms with Crippen molar-refractivity contribution in [1.82, 2.24) is 0 Å². The molecule has 6 heteroatoms. The first kappa shape index (κ1) is 18.3. The normalized spacial score (nSPS) is 11.3. The van der Waals surface area contributed by atoms with Gasteiger partial charge >= 0.3 is 5.97 Å². The van der Waals surface area contributed by atoms with E-state index in [1.165, 1.54) is 14.0 Å². The fourth-order valence-corrected chi connectivity index (χ4v) is 2.22. The Balaban J connectivity index is 1.92. The van der Waals surface area contributed by atoms with E-state index in [-0.39, 0.29) is 6.42 Å². The number of carbonyl (C=O) groups excluding carboxylic acids is 2. The molecule has 0 aliphatic carbocycles. The maximum Gasteiger partial charge on any atom is 0.311 e. The summed E-state index contributed by atoms with van der Waals surface area (Å²) >= 11 is 0. The molecule has 1 N–H and O–H groups in total. The molecule has 0 bridgehead atoms. The van der Waals surface area contributed by atoms with Crippen molar-refractivity contribution in [3.8, 4) is 11.5 Å². The molecule has 132 valence electrons. The van der Waals surface area contributed by atoms with Gasteiger partial charge < -0.3 is 19.5 Å². The maximum absolute atomic E-state index is 12.2. The van der Waals surface area contributed by atoms with Crippen molar-refractivity contribution in [2.24, 2.45) is 0 Å². The van der Waals surface area contributed by atoms with Crippen molar-refractivity contribution < 1.29 is 23.8 Å². The van der Waals surface area contributed by atoms with Gasteiger partial charge in [0.05, 0.1) is 26.3 Å². The summed E-state index contributed by atoms with van der Waals surface area (Å²) in [6.45, 7) is 1.52. The van der Waals surface area contributed by atoms with Crippen LogP contribution in [0.4, 0.5) is 5.69 Å². The van der Waals surface area contributed by atoms with Gasteiger partial charge in [0.2, 0.25) is 0 Å². The molecule has 25 heavy (non-hydrogen) atoms. The number of benzene rings is 2. The van der Waals surface area contributed by atoms with E-state index in [9.17, 15) is 9.59 Å². The van der Waals surface area contributed by atoms with E-state index >= 15 is 0 Å². The lowest BCUT2D eigenvalue weighted by molar-refractivity contribution is -0.152. The van der Waals surface area contributed by atoms with Crippen LogP contribution in [-0.2, 0) is 20.7 Å². The van der Waals surface area contributed by atoms with Gasteiger partial charge in [-0.25, -0.2) is 0 Å². The quantitative estimate of drug-likeness (QED) is 0.783. The van der Waals surface area contributed by atoms with Crippen LogP contribution in [0.2, 0.25) is 0 Å². The molecule has 0 unspecified atom stereocenters. The molecule has 0 saturated carbocycles. The number of nitrogens with one attached hydrogen (secondary N) is 1. The second kappa shape index (κ2) is 8.73. The van der Waals surface area contributed by atoms with Crippen LogP contribution < -0.4 is 14.8 Å². The number of ether oxygens (including phenoxy) is 3. The molecule has 1 atom stereocenters. The van der Waals surface area contributed by atoms with Gasteiger partial charge in [0.25, 0.3) is 5.91 Å². The number of carbonyl (C=O) groups is 2. The molecule has 0 heterocycles. The van der Waals surface area contributed by atoms with E-state index in [0.29, 0.717) is 17.2 Å². The van der Waals surface area contributed by atoms with Gasteiger partial charge in [-0.05, 0) is 36.8 Å². The molecule has 0 fully saturated rings. The molecule has 6 nitrogen and oxygen atoms in total. The summed E-state index contributed by atoms with van der Waals surface area (Å²) in [6, 6.07) is 14.1. The van der Waals surface area contributed by atoms with Crippen LogP contribution in [0.3, 0.4) is 0 Å². The number of para-hydroxylation sites is 2. The van der Waals surface area contributed by atoms with Crippen molar-refractivity contribution in [2.45, 2.75) is 19.4 Å². The third-order valence-electron chi connectivity index (χ3n) is 3.52. The number of methoxy groups -OCH3 is 2. The fraction of sp³-hybridized carbons (Fsp3) is 0.263. The van der Waals surface area contributed by atoms with Crippen LogP contribution in [0.1, 0.15) is 12.5 Å². The van der Waals surface area contributed by atoms with E-state index in [1.54, 1.807) is 55.6 Å². The monoisotopic (exact) mass is 343 g/mol. The summed E-state index contributed by atoms with van der Waals surface area (Å²) in [4.78, 5) is 24.2. The lowest BCUT2D eigenvalue weighted by atomic mass is 10.1. The van der Waals surface area contributed by atoms with E-state index < -0.39 is 18.0 Å². The Bertz CT molecular complexity index is 744. The number of hydrogen-bond donors (Lipinski definition) is 1. The summed E-state index contributed by atoms with van der Waals surface area (Å²) in [5, 5.41) is 2.69. The minimum atomic E-state index is -0.928. The van der Waals surface area contributed by atoms with Crippen LogP contribution in [0.25, 0.3) is 0 Å². The smallest absolute Gasteiger partial charge is 0.311 e. The van der Waals surface area contributed by atoms with Gasteiger partial charge in [-0.1, -0.05) is 24.3 Å². The van der Waals surface area contributed by atoms with E-state index in [1.807, 2.05) is 0 Å². The summed E-state index contributed by atoms with van der Waals surface area (Å²) < 4.78 is 15.5. The third-order valence-corrected chi connectivity index (χ3v) is 3.52. The molecule has 0 aliphatic heterocycles. The molecule has 0 aromatic heterocycles. The first-order valence-corrected chi connectivity index (χ1v) is 7.79. The Morgan fingerprint density at radius 2 is 1.80 bits per heavy atom. The molecule has 2 aromatic rings. The zero-order valence-electron chi connectivity index (χ0n) is 14.4. The minimum absolute atomic E-state index is 0.0590. The lowest BCUT2D eigenvalue weighted by Gasteiger charge is -2.15. The Kier molecular flexibility index (Phi) is 6.39. The van der Waals surface area contributed by atoms with Crippen molar-refractivity contribution >= 4 is 17.6 Å². The highest BCUT2D eigenvalue weighted by molar-refractivity contribution is 5.96. The molecule has 0 aliphatic rings. The molecular weight excluding hydrogens is 322 g/mol. The van der Waals surface area contributed by atoms with Crippen molar-refractivity contribution in [2.75, 3.05) is 19.5 Å². The van der Waals surface area contributed by atoms with Crippen molar-refractivity contribution in [3.05, 3.63) is 54.1 Å². The molecule has 0 spiro atoms. The van der Waals surface area contributed by atoms with Crippen LogP contribution in [0.5, 0.6) is 11.5 Å². The molecule has 1 amide bonds. The Labute approximate surface area is 146 Å². The number of rotatable bonds is 7. The number of esters is 1. The largest absolute Gasteiger partial charge is 0.497 e. The Morgan fingerprint density at radius 3 is 2.52 bits per heavy atom. The van der Waals surface area contributed by atoms with Crippen molar-refractivity contribution in [3.63, 3.8) is 0 Å². The number of anilines is 1. The summed E-state index contributed by atoms with van der Waals surface area (Å²) in [5.41, 5.74) is 1.27. The molecule has 0 saturated heterocycles. The minimum Gasteiger partial charge on any atom is -0.497 e. The van der Waals surface area contributed by atoms with E-state index in [2.05, 4.69) is 5.32 Å². The van der Waals surface area contributed by atoms with Gasteiger partial charge in [0.1, 0.15) is 11.5 Å². The predicted octanol–water partition coefficient (Wildman–Crippen LogP) is 2.82. The number of hydrogen-bond acceptors (Lipinski definition) is 5. The van der Waals surface area contributed by atoms with Crippen LogP contribution >= 0.6 is 0 Å². The first-order valence-electron chi connectivity index (χ1n) is 7.79. The van der Waals surface area contributed by atoms with Crippen LogP contribution in [0, 0.1) is 0 Å². The molecule has 2 aromatic carbocycles. The lowest BCUT2D eigenvalue weighted by Crippen LogP contribution is -2.30. The molecule has 2 rings (SSSR count). The van der Waals surface area contributed by atoms with Crippen LogP contribution in [0.15, 0.2) is 48.5 Å². The third kappa shape index (κ3) is 5.24. The topological polar surface area (TPSA) is 73.9 Å². The second-order valence-corrected chi connectivity index (χ2v) is 5.35. The van der Waals surface area contributed by atoms with Gasteiger partial charge in [0.15, 0.2) is 6.10 Å². The molecule has 0 radical (unpaired) electrons. The highest BCUT2D eigenvalue weighted by Crippen LogP contribution is 2.23.